The van der Waals surface area contributed by atoms with Crippen molar-refractivity contribution < 1.29 is 9.53 Å². The molecule has 0 aliphatic rings. The first-order valence-electron chi connectivity index (χ1n) is 8.06. The molecule has 0 aliphatic carbocycles. The van der Waals surface area contributed by atoms with Crippen molar-refractivity contribution in [3.63, 3.8) is 0 Å². The van der Waals surface area contributed by atoms with Gasteiger partial charge in [-0.05, 0) is 42.3 Å². The van der Waals surface area contributed by atoms with Gasteiger partial charge < -0.3 is 14.6 Å². The monoisotopic (exact) mass is 357 g/mol. The van der Waals surface area contributed by atoms with Crippen molar-refractivity contribution in [2.24, 2.45) is 0 Å². The standard InChI is InChI=1S/C19H20ClN3O2/c1-13-5-6-15(20)11-17(13)22-18(24)10-14-12-23(8-9-25-2)19-16(14)4-3-7-21-19/h3-7,11-12H,8-10H2,1-2H3,(H,22,24). The smallest absolute Gasteiger partial charge is 0.228 e. The molecule has 0 bridgehead atoms. The molecule has 0 saturated heterocycles. The van der Waals surface area contributed by atoms with Gasteiger partial charge in [-0.2, -0.15) is 0 Å². The first-order chi connectivity index (χ1) is 12.1. The number of fused-ring (bicyclic) bond motifs is 1. The van der Waals surface area contributed by atoms with Crippen LogP contribution in [-0.2, 0) is 22.5 Å². The van der Waals surface area contributed by atoms with Crippen LogP contribution in [0.15, 0.2) is 42.7 Å². The SMILES string of the molecule is COCCn1cc(CC(=O)Nc2cc(Cl)ccc2C)c2cccnc21. The number of ether oxygens (including phenoxy) is 1. The number of carbonyl (C=O) groups excluding carboxylic acids is 1. The lowest BCUT2D eigenvalue weighted by Gasteiger charge is -2.08. The molecule has 1 amide bonds. The minimum Gasteiger partial charge on any atom is -0.383 e. The summed E-state index contributed by atoms with van der Waals surface area (Å²) in [7, 11) is 1.67. The summed E-state index contributed by atoms with van der Waals surface area (Å²) in [6.07, 6.45) is 4.00. The highest BCUT2D eigenvalue weighted by atomic mass is 35.5. The van der Waals surface area contributed by atoms with Crippen LogP contribution in [0.3, 0.4) is 0 Å². The van der Waals surface area contributed by atoms with Crippen molar-refractivity contribution in [1.82, 2.24) is 9.55 Å². The van der Waals surface area contributed by atoms with Crippen LogP contribution in [0.1, 0.15) is 11.1 Å². The van der Waals surface area contributed by atoms with E-state index in [-0.39, 0.29) is 12.3 Å². The molecular weight excluding hydrogens is 338 g/mol. The van der Waals surface area contributed by atoms with Crippen LogP contribution < -0.4 is 5.32 Å². The molecular formula is C19H20ClN3O2. The Bertz CT molecular complexity index is 905. The summed E-state index contributed by atoms with van der Waals surface area (Å²) in [4.78, 5) is 16.9. The van der Waals surface area contributed by atoms with Gasteiger partial charge in [-0.3, -0.25) is 4.79 Å². The molecule has 5 nitrogen and oxygen atoms in total. The molecule has 2 aromatic heterocycles. The summed E-state index contributed by atoms with van der Waals surface area (Å²) in [5.41, 5.74) is 3.51. The van der Waals surface area contributed by atoms with Crippen molar-refractivity contribution in [3.8, 4) is 0 Å². The number of methoxy groups -OCH3 is 1. The molecule has 1 N–H and O–H groups in total. The molecule has 3 aromatic rings. The number of nitrogens with zero attached hydrogens (tertiary/aromatic N) is 2. The summed E-state index contributed by atoms with van der Waals surface area (Å²) in [6, 6.07) is 9.32. The van der Waals surface area contributed by atoms with Gasteiger partial charge in [-0.1, -0.05) is 17.7 Å². The van der Waals surface area contributed by atoms with Crippen LogP contribution in [-0.4, -0.2) is 29.2 Å². The van der Waals surface area contributed by atoms with Gasteiger partial charge in [-0.15, -0.1) is 0 Å². The quantitative estimate of drug-likeness (QED) is 0.729. The molecule has 2 heterocycles. The van der Waals surface area contributed by atoms with Crippen LogP contribution in [0.2, 0.25) is 5.02 Å². The van der Waals surface area contributed by atoms with Gasteiger partial charge in [-0.25, -0.2) is 4.98 Å². The zero-order valence-electron chi connectivity index (χ0n) is 14.3. The molecule has 0 spiro atoms. The van der Waals surface area contributed by atoms with Gasteiger partial charge in [0.25, 0.3) is 0 Å². The number of nitrogens with one attached hydrogen (secondary N) is 1. The molecule has 0 atom stereocenters. The molecule has 0 aliphatic heterocycles. The normalized spacial score (nSPS) is 11.0. The summed E-state index contributed by atoms with van der Waals surface area (Å²) < 4.78 is 7.17. The summed E-state index contributed by atoms with van der Waals surface area (Å²) in [5.74, 6) is -0.0833. The maximum absolute atomic E-state index is 12.5. The molecule has 0 unspecified atom stereocenters. The lowest BCUT2D eigenvalue weighted by atomic mass is 10.1. The van der Waals surface area contributed by atoms with Gasteiger partial charge in [0.1, 0.15) is 5.65 Å². The molecule has 3 rings (SSSR count). The average molecular weight is 358 g/mol. The third-order valence-electron chi connectivity index (χ3n) is 4.08. The minimum absolute atomic E-state index is 0.0833. The van der Waals surface area contributed by atoms with Crippen molar-refractivity contribution in [2.45, 2.75) is 19.9 Å². The highest BCUT2D eigenvalue weighted by molar-refractivity contribution is 6.31. The van der Waals surface area contributed by atoms with Crippen molar-refractivity contribution in [2.75, 3.05) is 19.0 Å². The maximum Gasteiger partial charge on any atom is 0.228 e. The Kier molecular flexibility index (Phi) is 5.36. The third-order valence-corrected chi connectivity index (χ3v) is 4.31. The topological polar surface area (TPSA) is 56.1 Å². The van der Waals surface area contributed by atoms with E-state index in [1.165, 1.54) is 0 Å². The third kappa shape index (κ3) is 4.00. The Labute approximate surface area is 151 Å². The van der Waals surface area contributed by atoms with Crippen molar-refractivity contribution in [1.29, 1.82) is 0 Å². The first-order valence-corrected chi connectivity index (χ1v) is 8.44. The van der Waals surface area contributed by atoms with E-state index in [9.17, 15) is 4.79 Å². The average Bonchev–Trinajstić information content (AvgIpc) is 2.94. The van der Waals surface area contributed by atoms with E-state index in [0.717, 1.165) is 27.8 Å². The largest absolute Gasteiger partial charge is 0.383 e. The van der Waals surface area contributed by atoms with Crippen LogP contribution in [0, 0.1) is 6.92 Å². The number of anilines is 1. The summed E-state index contributed by atoms with van der Waals surface area (Å²) >= 11 is 6.02. The molecule has 6 heteroatoms. The summed E-state index contributed by atoms with van der Waals surface area (Å²) in [5, 5.41) is 4.52. The second kappa shape index (κ2) is 7.68. The Balaban J connectivity index is 1.82. The fourth-order valence-corrected chi connectivity index (χ4v) is 2.96. The van der Waals surface area contributed by atoms with Crippen LogP contribution in [0.5, 0.6) is 0 Å². The Morgan fingerprint density at radius 3 is 3.00 bits per heavy atom. The molecule has 0 fully saturated rings. The van der Waals surface area contributed by atoms with E-state index in [2.05, 4.69) is 10.3 Å². The number of carbonyl (C=O) groups is 1. The number of halogens is 1. The van der Waals surface area contributed by atoms with Gasteiger partial charge in [0, 0.05) is 42.1 Å². The number of amides is 1. The van der Waals surface area contributed by atoms with E-state index < -0.39 is 0 Å². The van der Waals surface area contributed by atoms with Gasteiger partial charge in [0.2, 0.25) is 5.91 Å². The second-order valence-corrected chi connectivity index (χ2v) is 6.34. The van der Waals surface area contributed by atoms with Crippen molar-refractivity contribution >= 4 is 34.2 Å². The van der Waals surface area contributed by atoms with Gasteiger partial charge >= 0.3 is 0 Å². The van der Waals surface area contributed by atoms with Gasteiger partial charge in [0.15, 0.2) is 0 Å². The van der Waals surface area contributed by atoms with E-state index in [1.54, 1.807) is 19.4 Å². The van der Waals surface area contributed by atoms with Crippen molar-refractivity contribution in [3.05, 3.63) is 58.9 Å². The number of aromatic nitrogens is 2. The Hall–Kier alpha value is -2.37. The minimum atomic E-state index is -0.0833. The number of hydrogen-bond acceptors (Lipinski definition) is 3. The fourth-order valence-electron chi connectivity index (χ4n) is 2.79. The summed E-state index contributed by atoms with van der Waals surface area (Å²) in [6.45, 7) is 3.22. The number of pyridine rings is 1. The molecule has 25 heavy (non-hydrogen) atoms. The van der Waals surface area contributed by atoms with E-state index in [4.69, 9.17) is 16.3 Å². The van der Waals surface area contributed by atoms with Crippen LogP contribution in [0.25, 0.3) is 11.0 Å². The lowest BCUT2D eigenvalue weighted by Crippen LogP contribution is -2.15. The Morgan fingerprint density at radius 2 is 2.20 bits per heavy atom. The Morgan fingerprint density at radius 1 is 1.36 bits per heavy atom. The second-order valence-electron chi connectivity index (χ2n) is 5.90. The van der Waals surface area contributed by atoms with Gasteiger partial charge in [0.05, 0.1) is 13.0 Å². The van der Waals surface area contributed by atoms with Crippen LogP contribution in [0.4, 0.5) is 5.69 Å². The van der Waals surface area contributed by atoms with E-state index >= 15 is 0 Å². The highest BCUT2D eigenvalue weighted by Gasteiger charge is 2.13. The van der Waals surface area contributed by atoms with E-state index in [0.29, 0.717) is 18.2 Å². The molecule has 1 aromatic carbocycles. The zero-order valence-corrected chi connectivity index (χ0v) is 15.0. The number of benzene rings is 1. The predicted octanol–water partition coefficient (Wildman–Crippen LogP) is 3.83. The number of rotatable bonds is 6. The molecule has 0 saturated carbocycles. The zero-order chi connectivity index (χ0) is 17.8. The highest BCUT2D eigenvalue weighted by Crippen LogP contribution is 2.23. The molecule has 0 radical (unpaired) electrons. The predicted molar refractivity (Wildman–Crippen MR) is 100 cm³/mol. The number of aryl methyl sites for hydroxylation is 1. The molecule has 130 valence electrons. The number of hydrogen-bond donors (Lipinski definition) is 1. The van der Waals surface area contributed by atoms with Crippen LogP contribution >= 0.6 is 11.6 Å². The lowest BCUT2D eigenvalue weighted by molar-refractivity contribution is -0.115. The maximum atomic E-state index is 12.5. The first kappa shape index (κ1) is 17.5. The van der Waals surface area contributed by atoms with E-state index in [1.807, 2.05) is 42.0 Å². The fraction of sp³-hybridized carbons (Fsp3) is 0.263.